The molecule has 2 aliphatic rings. The van der Waals surface area contributed by atoms with Crippen LogP contribution < -0.4 is 5.73 Å². The topological polar surface area (TPSA) is 53.1 Å². The van der Waals surface area contributed by atoms with Gasteiger partial charge in [-0.15, -0.1) is 0 Å². The summed E-state index contributed by atoms with van der Waals surface area (Å²) >= 11 is 0. The summed E-state index contributed by atoms with van der Waals surface area (Å²) in [6.07, 6.45) is 5.59. The number of likely N-dealkylation sites (tertiary alicyclic amines) is 1. The minimum atomic E-state index is -0.296. The van der Waals surface area contributed by atoms with E-state index in [2.05, 4.69) is 11.0 Å². The van der Waals surface area contributed by atoms with E-state index in [-0.39, 0.29) is 6.04 Å². The number of fused-ring (bicyclic) bond motifs is 1. The summed E-state index contributed by atoms with van der Waals surface area (Å²) in [6.45, 7) is 3.13. The van der Waals surface area contributed by atoms with Crippen molar-refractivity contribution >= 4 is 0 Å². The van der Waals surface area contributed by atoms with Crippen LogP contribution in [0.2, 0.25) is 0 Å². The van der Waals surface area contributed by atoms with E-state index in [1.54, 1.807) is 0 Å². The fraction of sp³-hybridized carbons (Fsp3) is 0.909. The average Bonchev–Trinajstić information content (AvgIpc) is 2.59. The summed E-state index contributed by atoms with van der Waals surface area (Å²) in [7, 11) is 0. The van der Waals surface area contributed by atoms with E-state index in [1.807, 2.05) is 0 Å². The van der Waals surface area contributed by atoms with Crippen molar-refractivity contribution in [2.45, 2.75) is 31.7 Å². The number of nitrogens with zero attached hydrogens (tertiary/aromatic N) is 2. The molecule has 1 aliphatic carbocycles. The van der Waals surface area contributed by atoms with Crippen LogP contribution in [0.5, 0.6) is 0 Å². The maximum Gasteiger partial charge on any atom is 0.106 e. The smallest absolute Gasteiger partial charge is 0.106 e. The van der Waals surface area contributed by atoms with Gasteiger partial charge in [0.25, 0.3) is 0 Å². The monoisotopic (exact) mass is 193 g/mol. The highest BCUT2D eigenvalue weighted by atomic mass is 15.2. The van der Waals surface area contributed by atoms with Crippen molar-refractivity contribution in [3.05, 3.63) is 0 Å². The third-order valence-corrected chi connectivity index (χ3v) is 3.67. The zero-order valence-electron chi connectivity index (χ0n) is 8.65. The summed E-state index contributed by atoms with van der Waals surface area (Å²) < 4.78 is 0. The zero-order valence-corrected chi connectivity index (χ0v) is 8.65. The molecule has 0 aromatic rings. The molecule has 1 saturated carbocycles. The van der Waals surface area contributed by atoms with Gasteiger partial charge in [-0.2, -0.15) is 5.26 Å². The molecule has 3 nitrogen and oxygen atoms in total. The minimum Gasteiger partial charge on any atom is -0.315 e. The summed E-state index contributed by atoms with van der Waals surface area (Å²) in [6, 6.07) is 1.81. The third kappa shape index (κ3) is 2.08. The molecule has 1 aliphatic heterocycles. The van der Waals surface area contributed by atoms with E-state index in [9.17, 15) is 0 Å². The number of hydrogen-bond donors (Lipinski definition) is 1. The number of rotatable bonds is 2. The van der Waals surface area contributed by atoms with Gasteiger partial charge in [-0.3, -0.25) is 0 Å². The fourth-order valence-corrected chi connectivity index (χ4v) is 2.97. The lowest BCUT2D eigenvalue weighted by atomic mass is 9.82. The van der Waals surface area contributed by atoms with Crippen LogP contribution in [0.4, 0.5) is 0 Å². The molecule has 0 amide bonds. The minimum absolute atomic E-state index is 0.296. The molecular weight excluding hydrogens is 174 g/mol. The van der Waals surface area contributed by atoms with Crippen LogP contribution in [0.25, 0.3) is 0 Å². The second kappa shape index (κ2) is 4.29. The molecule has 78 valence electrons. The number of nitriles is 1. The fourth-order valence-electron chi connectivity index (χ4n) is 2.97. The summed E-state index contributed by atoms with van der Waals surface area (Å²) in [5, 5.41) is 8.65. The Hall–Kier alpha value is -0.590. The van der Waals surface area contributed by atoms with Crippen molar-refractivity contribution in [1.82, 2.24) is 4.90 Å². The normalized spacial score (nSPS) is 34.9. The lowest BCUT2D eigenvalue weighted by Crippen LogP contribution is -2.35. The van der Waals surface area contributed by atoms with Crippen molar-refractivity contribution in [3.8, 4) is 6.07 Å². The molecule has 0 radical (unpaired) electrons. The number of nitrogens with two attached hydrogens (primary N) is 1. The average molecular weight is 193 g/mol. The SMILES string of the molecule is N#CC(N)CN1C[C@H]2CCCC[C@H]2C1. The molecule has 2 N–H and O–H groups in total. The Balaban J connectivity index is 1.84. The summed E-state index contributed by atoms with van der Waals surface area (Å²) in [5.41, 5.74) is 5.64. The Labute approximate surface area is 85.9 Å². The predicted octanol–water partition coefficient (Wildman–Crippen LogP) is 0.959. The molecule has 1 unspecified atom stereocenters. The van der Waals surface area contributed by atoms with Crippen molar-refractivity contribution in [2.75, 3.05) is 19.6 Å². The zero-order chi connectivity index (χ0) is 9.97. The maximum absolute atomic E-state index is 8.65. The molecule has 0 aromatic heterocycles. The van der Waals surface area contributed by atoms with Crippen molar-refractivity contribution in [2.24, 2.45) is 17.6 Å². The van der Waals surface area contributed by atoms with Gasteiger partial charge in [-0.25, -0.2) is 0 Å². The van der Waals surface area contributed by atoms with E-state index in [4.69, 9.17) is 11.0 Å². The van der Waals surface area contributed by atoms with Gasteiger partial charge < -0.3 is 10.6 Å². The Morgan fingerprint density at radius 3 is 2.36 bits per heavy atom. The van der Waals surface area contributed by atoms with E-state index in [0.717, 1.165) is 18.4 Å². The van der Waals surface area contributed by atoms with Gasteiger partial charge in [0, 0.05) is 19.6 Å². The van der Waals surface area contributed by atoms with Crippen LogP contribution in [0.1, 0.15) is 25.7 Å². The molecule has 1 heterocycles. The van der Waals surface area contributed by atoms with Crippen LogP contribution >= 0.6 is 0 Å². The van der Waals surface area contributed by atoms with Gasteiger partial charge in [0.15, 0.2) is 0 Å². The van der Waals surface area contributed by atoms with Crippen LogP contribution in [-0.2, 0) is 0 Å². The van der Waals surface area contributed by atoms with Gasteiger partial charge in [0.1, 0.15) is 6.04 Å². The largest absolute Gasteiger partial charge is 0.315 e. The molecule has 0 aromatic carbocycles. The first-order chi connectivity index (χ1) is 6.79. The standard InChI is InChI=1S/C11H19N3/c12-5-11(13)8-14-6-9-3-1-2-4-10(9)7-14/h9-11H,1-4,6-8,13H2/t9-,10+,11?. The molecule has 2 rings (SSSR count). The van der Waals surface area contributed by atoms with E-state index < -0.39 is 0 Å². The van der Waals surface area contributed by atoms with Gasteiger partial charge in [0.2, 0.25) is 0 Å². The lowest BCUT2D eigenvalue weighted by molar-refractivity contribution is 0.299. The van der Waals surface area contributed by atoms with E-state index in [0.29, 0.717) is 0 Å². The number of hydrogen-bond acceptors (Lipinski definition) is 3. The maximum atomic E-state index is 8.65. The van der Waals surface area contributed by atoms with Crippen LogP contribution in [0.3, 0.4) is 0 Å². The highest BCUT2D eigenvalue weighted by Crippen LogP contribution is 2.35. The van der Waals surface area contributed by atoms with Crippen molar-refractivity contribution in [3.63, 3.8) is 0 Å². The predicted molar refractivity (Wildman–Crippen MR) is 55.5 cm³/mol. The van der Waals surface area contributed by atoms with Gasteiger partial charge >= 0.3 is 0 Å². The molecule has 14 heavy (non-hydrogen) atoms. The van der Waals surface area contributed by atoms with Gasteiger partial charge in [-0.1, -0.05) is 12.8 Å². The third-order valence-electron chi connectivity index (χ3n) is 3.67. The first-order valence-corrected chi connectivity index (χ1v) is 5.67. The molecule has 0 bridgehead atoms. The van der Waals surface area contributed by atoms with E-state index in [1.165, 1.54) is 38.8 Å². The molecule has 2 fully saturated rings. The highest BCUT2D eigenvalue weighted by Gasteiger charge is 2.34. The second-order valence-electron chi connectivity index (χ2n) is 4.76. The first kappa shape index (κ1) is 9.95. The van der Waals surface area contributed by atoms with Crippen LogP contribution in [0, 0.1) is 23.2 Å². The summed E-state index contributed by atoms with van der Waals surface area (Å²) in [5.74, 6) is 1.80. The van der Waals surface area contributed by atoms with Crippen molar-refractivity contribution < 1.29 is 0 Å². The molecule has 3 heteroatoms. The molecule has 3 atom stereocenters. The molecule has 0 spiro atoms. The van der Waals surface area contributed by atoms with Crippen LogP contribution in [-0.4, -0.2) is 30.6 Å². The van der Waals surface area contributed by atoms with Crippen LogP contribution in [0.15, 0.2) is 0 Å². The Kier molecular flexibility index (Phi) is 3.05. The van der Waals surface area contributed by atoms with E-state index >= 15 is 0 Å². The second-order valence-corrected chi connectivity index (χ2v) is 4.76. The Morgan fingerprint density at radius 1 is 1.29 bits per heavy atom. The molecule has 1 saturated heterocycles. The highest BCUT2D eigenvalue weighted by molar-refractivity contribution is 4.93. The molecular formula is C11H19N3. The van der Waals surface area contributed by atoms with Gasteiger partial charge in [-0.05, 0) is 24.7 Å². The Bertz CT molecular complexity index is 219. The first-order valence-electron chi connectivity index (χ1n) is 5.67. The quantitative estimate of drug-likeness (QED) is 0.710. The lowest BCUT2D eigenvalue weighted by Gasteiger charge is -2.23. The summed E-state index contributed by atoms with van der Waals surface area (Å²) in [4.78, 5) is 2.38. The van der Waals surface area contributed by atoms with Gasteiger partial charge in [0.05, 0.1) is 6.07 Å². The Morgan fingerprint density at radius 2 is 1.86 bits per heavy atom. The van der Waals surface area contributed by atoms with Crippen molar-refractivity contribution in [1.29, 1.82) is 5.26 Å².